The van der Waals surface area contributed by atoms with Crippen LogP contribution in [0.5, 0.6) is 0 Å². The quantitative estimate of drug-likeness (QED) is 0.416. The Balaban J connectivity index is 1.47. The van der Waals surface area contributed by atoms with Crippen LogP contribution < -0.4 is 0 Å². The number of nitrogens with zero attached hydrogens (tertiary/aromatic N) is 3. The molecule has 1 aliphatic heterocycles. The van der Waals surface area contributed by atoms with E-state index in [4.69, 9.17) is 13.9 Å². The first-order valence-corrected chi connectivity index (χ1v) is 12.4. The lowest BCUT2D eigenvalue weighted by Crippen LogP contribution is -2.45. The molecule has 2 aromatic carbocycles. The van der Waals surface area contributed by atoms with E-state index in [1.165, 1.54) is 0 Å². The number of aromatic nitrogens is 2. The molecular weight excluding hydrogens is 438 g/mol. The topological polar surface area (TPSA) is 89.4 Å². The Bertz CT molecular complexity index is 1290. The maximum atomic E-state index is 13.2. The fourth-order valence-electron chi connectivity index (χ4n) is 4.50. The van der Waals surface area contributed by atoms with Crippen LogP contribution in [0.3, 0.4) is 0 Å². The van der Waals surface area contributed by atoms with Crippen molar-refractivity contribution < 1.29 is 17.4 Å². The molecule has 0 spiro atoms. The van der Waals surface area contributed by atoms with Gasteiger partial charge in [0.2, 0.25) is 15.9 Å². The van der Waals surface area contributed by atoms with Gasteiger partial charge in [0.1, 0.15) is 5.76 Å². The standard InChI is InChI=1S/C25H25N3O4S/c1-19(22-13-8-18-31-22)23-26-24(32-27-23)25(20-9-4-2-5-10-20)14-16-28(17-15-25)33(29,30)21-11-6-3-7-12-21/h2-13,18-19H,14-17H2,1H3. The molecule has 0 saturated carbocycles. The fraction of sp³-hybridized carbons (Fsp3) is 0.280. The van der Waals surface area contributed by atoms with Crippen molar-refractivity contribution >= 4 is 10.0 Å². The van der Waals surface area contributed by atoms with Gasteiger partial charge in [0.25, 0.3) is 0 Å². The lowest BCUT2D eigenvalue weighted by atomic mass is 9.73. The second-order valence-corrected chi connectivity index (χ2v) is 10.3. The summed E-state index contributed by atoms with van der Waals surface area (Å²) in [5, 5.41) is 4.26. The summed E-state index contributed by atoms with van der Waals surface area (Å²) in [6.45, 7) is 2.69. The number of hydrogen-bond acceptors (Lipinski definition) is 6. The molecule has 1 saturated heterocycles. The summed E-state index contributed by atoms with van der Waals surface area (Å²) in [6, 6.07) is 22.3. The maximum absolute atomic E-state index is 13.2. The van der Waals surface area contributed by atoms with E-state index < -0.39 is 15.4 Å². The third kappa shape index (κ3) is 3.89. The van der Waals surface area contributed by atoms with Gasteiger partial charge >= 0.3 is 0 Å². The zero-order chi connectivity index (χ0) is 22.9. The molecule has 5 rings (SSSR count). The molecule has 2 aromatic heterocycles. The molecule has 3 heterocycles. The van der Waals surface area contributed by atoms with Gasteiger partial charge in [-0.1, -0.05) is 53.7 Å². The minimum absolute atomic E-state index is 0.149. The molecule has 1 aliphatic rings. The monoisotopic (exact) mass is 463 g/mol. The minimum Gasteiger partial charge on any atom is -0.469 e. The number of piperidine rings is 1. The van der Waals surface area contributed by atoms with Crippen LogP contribution in [-0.2, 0) is 15.4 Å². The van der Waals surface area contributed by atoms with Crippen molar-refractivity contribution in [3.63, 3.8) is 0 Å². The van der Waals surface area contributed by atoms with Crippen molar-refractivity contribution in [3.8, 4) is 0 Å². The summed E-state index contributed by atoms with van der Waals surface area (Å²) in [7, 11) is -3.56. The summed E-state index contributed by atoms with van der Waals surface area (Å²) in [5.74, 6) is 1.68. The normalized spacial score (nSPS) is 17.6. The van der Waals surface area contributed by atoms with Crippen LogP contribution in [0.25, 0.3) is 0 Å². The Kier molecular flexibility index (Phi) is 5.64. The van der Waals surface area contributed by atoms with E-state index in [1.807, 2.05) is 55.5 Å². The molecule has 7 nitrogen and oxygen atoms in total. The molecule has 1 atom stereocenters. The van der Waals surface area contributed by atoms with Gasteiger partial charge in [-0.15, -0.1) is 0 Å². The molecule has 1 unspecified atom stereocenters. The highest BCUT2D eigenvalue weighted by molar-refractivity contribution is 7.89. The highest BCUT2D eigenvalue weighted by atomic mass is 32.2. The van der Waals surface area contributed by atoms with E-state index in [0.29, 0.717) is 42.5 Å². The molecule has 0 N–H and O–H groups in total. The average molecular weight is 464 g/mol. The van der Waals surface area contributed by atoms with Gasteiger partial charge in [-0.3, -0.25) is 0 Å². The van der Waals surface area contributed by atoms with Crippen molar-refractivity contribution in [2.75, 3.05) is 13.1 Å². The average Bonchev–Trinajstić information content (AvgIpc) is 3.58. The van der Waals surface area contributed by atoms with E-state index in [0.717, 1.165) is 11.3 Å². The van der Waals surface area contributed by atoms with Crippen molar-refractivity contribution in [3.05, 3.63) is 102 Å². The second-order valence-electron chi connectivity index (χ2n) is 8.36. The molecule has 0 radical (unpaired) electrons. The van der Waals surface area contributed by atoms with Crippen LogP contribution in [0.15, 0.2) is 92.9 Å². The largest absolute Gasteiger partial charge is 0.469 e. The molecule has 4 aromatic rings. The fourth-order valence-corrected chi connectivity index (χ4v) is 5.97. The number of furan rings is 1. The van der Waals surface area contributed by atoms with Crippen LogP contribution in [-0.4, -0.2) is 36.0 Å². The predicted octanol–water partition coefficient (Wildman–Crippen LogP) is 4.59. The SMILES string of the molecule is CC(c1noc(C2(c3ccccc3)CCN(S(=O)(=O)c3ccccc3)CC2)n1)c1ccco1. The molecule has 1 fully saturated rings. The molecule has 170 valence electrons. The zero-order valence-corrected chi connectivity index (χ0v) is 19.1. The summed E-state index contributed by atoms with van der Waals surface area (Å²) < 4.78 is 39.2. The van der Waals surface area contributed by atoms with Gasteiger partial charge in [0, 0.05) is 13.1 Å². The third-order valence-corrected chi connectivity index (χ3v) is 8.40. The van der Waals surface area contributed by atoms with E-state index >= 15 is 0 Å². The second kappa shape index (κ2) is 8.61. The van der Waals surface area contributed by atoms with Crippen molar-refractivity contribution in [2.45, 2.75) is 36.0 Å². The van der Waals surface area contributed by atoms with E-state index in [9.17, 15) is 8.42 Å². The Morgan fingerprint density at radius 2 is 1.61 bits per heavy atom. The Morgan fingerprint density at radius 3 is 2.24 bits per heavy atom. The summed E-state index contributed by atoms with van der Waals surface area (Å²) >= 11 is 0. The van der Waals surface area contributed by atoms with Crippen molar-refractivity contribution in [2.24, 2.45) is 0 Å². The zero-order valence-electron chi connectivity index (χ0n) is 18.3. The van der Waals surface area contributed by atoms with Crippen LogP contribution in [0.2, 0.25) is 0 Å². The first-order valence-electron chi connectivity index (χ1n) is 11.0. The smallest absolute Gasteiger partial charge is 0.243 e. The first-order chi connectivity index (χ1) is 16.0. The highest BCUT2D eigenvalue weighted by Crippen LogP contribution is 2.42. The summed E-state index contributed by atoms with van der Waals surface area (Å²) in [5.41, 5.74) is 0.487. The molecule has 0 amide bonds. The Hall–Kier alpha value is -3.23. The molecule has 33 heavy (non-hydrogen) atoms. The predicted molar refractivity (Wildman–Crippen MR) is 122 cm³/mol. The minimum atomic E-state index is -3.56. The van der Waals surface area contributed by atoms with Crippen molar-refractivity contribution in [1.29, 1.82) is 0 Å². The van der Waals surface area contributed by atoms with Crippen LogP contribution in [0, 0.1) is 0 Å². The molecular formula is C25H25N3O4S. The van der Waals surface area contributed by atoms with E-state index in [1.54, 1.807) is 34.8 Å². The molecule has 0 bridgehead atoms. The number of rotatable bonds is 6. The van der Waals surface area contributed by atoms with E-state index in [2.05, 4.69) is 5.16 Å². The summed E-state index contributed by atoms with van der Waals surface area (Å²) in [6.07, 6.45) is 2.71. The van der Waals surface area contributed by atoms with Crippen LogP contribution in [0.4, 0.5) is 0 Å². The first kappa shape index (κ1) is 21.6. The number of hydrogen-bond donors (Lipinski definition) is 0. The van der Waals surface area contributed by atoms with Gasteiger partial charge in [0.15, 0.2) is 5.82 Å². The third-order valence-electron chi connectivity index (χ3n) is 6.49. The maximum Gasteiger partial charge on any atom is 0.243 e. The van der Waals surface area contributed by atoms with Gasteiger partial charge in [0.05, 0.1) is 22.5 Å². The Labute approximate surface area is 193 Å². The molecule has 8 heteroatoms. The lowest BCUT2D eigenvalue weighted by molar-refractivity contribution is 0.214. The number of benzene rings is 2. The summed E-state index contributed by atoms with van der Waals surface area (Å²) in [4.78, 5) is 5.09. The number of sulfonamides is 1. The highest BCUT2D eigenvalue weighted by Gasteiger charge is 2.45. The van der Waals surface area contributed by atoms with Gasteiger partial charge in [-0.2, -0.15) is 9.29 Å². The lowest BCUT2D eigenvalue weighted by Gasteiger charge is -2.39. The molecule has 0 aliphatic carbocycles. The van der Waals surface area contributed by atoms with Gasteiger partial charge in [-0.05, 0) is 49.6 Å². The van der Waals surface area contributed by atoms with Gasteiger partial charge in [-0.25, -0.2) is 8.42 Å². The van der Waals surface area contributed by atoms with Crippen LogP contribution in [0.1, 0.15) is 48.7 Å². The van der Waals surface area contributed by atoms with Crippen molar-refractivity contribution in [1.82, 2.24) is 14.4 Å². The van der Waals surface area contributed by atoms with Crippen LogP contribution >= 0.6 is 0 Å². The van der Waals surface area contributed by atoms with E-state index in [-0.39, 0.29) is 5.92 Å². The Morgan fingerprint density at radius 1 is 0.939 bits per heavy atom. The van der Waals surface area contributed by atoms with Gasteiger partial charge < -0.3 is 8.94 Å².